The van der Waals surface area contributed by atoms with E-state index in [2.05, 4.69) is 30.2 Å². The molecular formula is C10H16N2O. The van der Waals surface area contributed by atoms with Crippen molar-refractivity contribution in [1.29, 1.82) is 0 Å². The maximum Gasteiger partial charge on any atom is 0.237 e. The Hall–Kier alpha value is -1.25. The lowest BCUT2D eigenvalue weighted by Crippen LogP contribution is -1.98. The normalized spacial score (nSPS) is 10.2. The topological polar surface area (TPSA) is 34.2 Å². The fraction of sp³-hybridized carbons (Fsp3) is 0.500. The molecule has 0 aliphatic rings. The number of pyridine rings is 1. The van der Waals surface area contributed by atoms with Crippen molar-refractivity contribution in [2.45, 2.75) is 19.8 Å². The van der Waals surface area contributed by atoms with Crippen LogP contribution in [0.15, 0.2) is 12.3 Å². The second-order valence-electron chi connectivity index (χ2n) is 3.23. The summed E-state index contributed by atoms with van der Waals surface area (Å²) in [5.41, 5.74) is 2.15. The van der Waals surface area contributed by atoms with Gasteiger partial charge >= 0.3 is 0 Å². The van der Waals surface area contributed by atoms with E-state index >= 15 is 0 Å². The predicted molar refractivity (Wildman–Crippen MR) is 54.4 cm³/mol. The summed E-state index contributed by atoms with van der Waals surface area (Å²) in [7, 11) is 3.49. The molecule has 0 aliphatic heterocycles. The van der Waals surface area contributed by atoms with E-state index in [-0.39, 0.29) is 0 Å². The summed E-state index contributed by atoms with van der Waals surface area (Å²) in [6.45, 7) is 4.28. The van der Waals surface area contributed by atoms with Gasteiger partial charge in [0.1, 0.15) is 0 Å². The van der Waals surface area contributed by atoms with Crippen LogP contribution in [0.5, 0.6) is 5.88 Å². The van der Waals surface area contributed by atoms with Crippen LogP contribution in [0.4, 0.5) is 5.69 Å². The Morgan fingerprint density at radius 1 is 1.46 bits per heavy atom. The number of ether oxygens (including phenoxy) is 1. The van der Waals surface area contributed by atoms with Crippen molar-refractivity contribution >= 4 is 5.69 Å². The second kappa shape index (κ2) is 4.12. The van der Waals surface area contributed by atoms with Gasteiger partial charge in [0.05, 0.1) is 12.8 Å². The van der Waals surface area contributed by atoms with E-state index in [9.17, 15) is 0 Å². The molecule has 0 aliphatic carbocycles. The van der Waals surface area contributed by atoms with E-state index in [0.717, 1.165) is 5.69 Å². The zero-order valence-electron chi connectivity index (χ0n) is 8.59. The Bertz CT molecular complexity index is 284. The highest BCUT2D eigenvalue weighted by Crippen LogP contribution is 2.24. The molecule has 0 fully saturated rings. The highest BCUT2D eigenvalue weighted by molar-refractivity contribution is 5.53. The fourth-order valence-corrected chi connectivity index (χ4v) is 1.13. The predicted octanol–water partition coefficient (Wildman–Crippen LogP) is 2.26. The van der Waals surface area contributed by atoms with Crippen molar-refractivity contribution in [2.75, 3.05) is 19.5 Å². The third-order valence-corrected chi connectivity index (χ3v) is 2.00. The van der Waals surface area contributed by atoms with Gasteiger partial charge in [0.25, 0.3) is 0 Å². The molecule has 1 N–H and O–H groups in total. The molecule has 0 unspecified atom stereocenters. The van der Waals surface area contributed by atoms with Gasteiger partial charge in [0.15, 0.2) is 0 Å². The molecule has 0 aromatic carbocycles. The summed E-state index contributed by atoms with van der Waals surface area (Å²) in [5, 5.41) is 3.05. The SMILES string of the molecule is CNc1cc(C(C)C)cnc1OC. The molecule has 1 aromatic rings. The molecule has 0 bridgehead atoms. The minimum Gasteiger partial charge on any atom is -0.480 e. The van der Waals surface area contributed by atoms with Crippen LogP contribution in [0.25, 0.3) is 0 Å². The second-order valence-corrected chi connectivity index (χ2v) is 3.23. The summed E-state index contributed by atoms with van der Waals surface area (Å²) >= 11 is 0. The quantitative estimate of drug-likeness (QED) is 0.774. The first kappa shape index (κ1) is 9.84. The van der Waals surface area contributed by atoms with Gasteiger partial charge in [-0.1, -0.05) is 13.8 Å². The third-order valence-electron chi connectivity index (χ3n) is 2.00. The molecule has 13 heavy (non-hydrogen) atoms. The van der Waals surface area contributed by atoms with Crippen LogP contribution in [-0.2, 0) is 0 Å². The molecule has 1 rings (SSSR count). The van der Waals surface area contributed by atoms with Crippen LogP contribution < -0.4 is 10.1 Å². The first-order valence-electron chi connectivity index (χ1n) is 4.40. The van der Waals surface area contributed by atoms with Gasteiger partial charge in [-0.05, 0) is 17.5 Å². The van der Waals surface area contributed by atoms with Gasteiger partial charge in [-0.3, -0.25) is 0 Å². The van der Waals surface area contributed by atoms with E-state index < -0.39 is 0 Å². The van der Waals surface area contributed by atoms with Gasteiger partial charge in [0, 0.05) is 13.2 Å². The molecule has 1 heterocycles. The lowest BCUT2D eigenvalue weighted by atomic mass is 10.1. The Morgan fingerprint density at radius 2 is 2.15 bits per heavy atom. The van der Waals surface area contributed by atoms with E-state index in [1.54, 1.807) is 7.11 Å². The smallest absolute Gasteiger partial charge is 0.237 e. The number of nitrogens with one attached hydrogen (secondary N) is 1. The molecule has 1 aromatic heterocycles. The standard InChI is InChI=1S/C10H16N2O/c1-7(2)8-5-9(11-3)10(13-4)12-6-8/h5-7,11H,1-4H3. The average molecular weight is 180 g/mol. The number of hydrogen-bond acceptors (Lipinski definition) is 3. The highest BCUT2D eigenvalue weighted by Gasteiger charge is 2.06. The number of nitrogens with zero attached hydrogens (tertiary/aromatic N) is 1. The Kier molecular flexibility index (Phi) is 3.12. The minimum absolute atomic E-state index is 0.491. The number of aromatic nitrogens is 1. The highest BCUT2D eigenvalue weighted by atomic mass is 16.5. The molecule has 0 amide bonds. The van der Waals surface area contributed by atoms with Crippen molar-refractivity contribution in [1.82, 2.24) is 4.98 Å². The summed E-state index contributed by atoms with van der Waals surface area (Å²) in [6.07, 6.45) is 1.85. The minimum atomic E-state index is 0.491. The summed E-state index contributed by atoms with van der Waals surface area (Å²) in [5.74, 6) is 1.14. The fourth-order valence-electron chi connectivity index (χ4n) is 1.13. The maximum atomic E-state index is 5.10. The Labute approximate surface area is 79.1 Å². The van der Waals surface area contributed by atoms with Crippen molar-refractivity contribution in [2.24, 2.45) is 0 Å². The summed E-state index contributed by atoms with van der Waals surface area (Å²) < 4.78 is 5.10. The summed E-state index contributed by atoms with van der Waals surface area (Å²) in [6, 6.07) is 2.07. The Morgan fingerprint density at radius 3 is 2.62 bits per heavy atom. The average Bonchev–Trinajstić information content (AvgIpc) is 2.16. The molecule has 0 spiro atoms. The van der Waals surface area contributed by atoms with Gasteiger partial charge < -0.3 is 10.1 Å². The number of hydrogen-bond donors (Lipinski definition) is 1. The van der Waals surface area contributed by atoms with Crippen LogP contribution in [0.2, 0.25) is 0 Å². The zero-order valence-corrected chi connectivity index (χ0v) is 8.59. The molecule has 0 saturated carbocycles. The van der Waals surface area contributed by atoms with Gasteiger partial charge in [-0.25, -0.2) is 4.98 Å². The molecule has 0 atom stereocenters. The summed E-state index contributed by atoms with van der Waals surface area (Å²) in [4.78, 5) is 4.20. The molecule has 3 nitrogen and oxygen atoms in total. The van der Waals surface area contributed by atoms with E-state index in [1.807, 2.05) is 13.2 Å². The largest absolute Gasteiger partial charge is 0.480 e. The Balaban J connectivity index is 3.05. The molecule has 3 heteroatoms. The van der Waals surface area contributed by atoms with E-state index in [0.29, 0.717) is 11.8 Å². The van der Waals surface area contributed by atoms with Crippen molar-refractivity contribution < 1.29 is 4.74 Å². The van der Waals surface area contributed by atoms with Crippen LogP contribution in [0.1, 0.15) is 25.3 Å². The monoisotopic (exact) mass is 180 g/mol. The molecule has 0 radical (unpaired) electrons. The number of rotatable bonds is 3. The van der Waals surface area contributed by atoms with Crippen LogP contribution >= 0.6 is 0 Å². The third kappa shape index (κ3) is 2.11. The maximum absolute atomic E-state index is 5.10. The van der Waals surface area contributed by atoms with Crippen LogP contribution in [0.3, 0.4) is 0 Å². The van der Waals surface area contributed by atoms with Gasteiger partial charge in [-0.2, -0.15) is 0 Å². The molecule has 0 saturated heterocycles. The zero-order chi connectivity index (χ0) is 9.84. The van der Waals surface area contributed by atoms with Crippen LogP contribution in [0, 0.1) is 0 Å². The molecule has 72 valence electrons. The first-order valence-corrected chi connectivity index (χ1v) is 4.40. The molecular weight excluding hydrogens is 164 g/mol. The van der Waals surface area contributed by atoms with E-state index in [1.165, 1.54) is 5.56 Å². The lowest BCUT2D eigenvalue weighted by Gasteiger charge is -2.10. The van der Waals surface area contributed by atoms with E-state index in [4.69, 9.17) is 4.74 Å². The van der Waals surface area contributed by atoms with Gasteiger partial charge in [-0.15, -0.1) is 0 Å². The van der Waals surface area contributed by atoms with Crippen molar-refractivity contribution in [3.8, 4) is 5.88 Å². The van der Waals surface area contributed by atoms with Gasteiger partial charge in [0.2, 0.25) is 5.88 Å². The number of methoxy groups -OCH3 is 1. The van der Waals surface area contributed by atoms with Crippen molar-refractivity contribution in [3.05, 3.63) is 17.8 Å². The number of anilines is 1. The lowest BCUT2D eigenvalue weighted by molar-refractivity contribution is 0.399. The van der Waals surface area contributed by atoms with Crippen LogP contribution in [-0.4, -0.2) is 19.1 Å². The first-order chi connectivity index (χ1) is 6.19. The van der Waals surface area contributed by atoms with Crippen molar-refractivity contribution in [3.63, 3.8) is 0 Å².